The fraction of sp³-hybridized carbons (Fsp3) is 0.500. The van der Waals surface area contributed by atoms with Gasteiger partial charge >= 0.3 is 6.09 Å². The van der Waals surface area contributed by atoms with E-state index in [2.05, 4.69) is 32.8 Å². The first-order valence-corrected chi connectivity index (χ1v) is 7.65. The number of hydrogen-bond acceptors (Lipinski definition) is 3. The zero-order valence-corrected chi connectivity index (χ0v) is 14.3. The van der Waals surface area contributed by atoms with E-state index in [4.69, 9.17) is 4.74 Å². The lowest BCUT2D eigenvalue weighted by Gasteiger charge is -2.37. The summed E-state index contributed by atoms with van der Waals surface area (Å²) in [7, 11) is 0. The molecule has 1 amide bonds. The number of aromatic nitrogens is 1. The normalized spacial score (nSPS) is 15.0. The maximum absolute atomic E-state index is 11.8. The number of halogens is 1. The molecule has 0 N–H and O–H groups in total. The molecular weight excluding hydrogens is 332 g/mol. The lowest BCUT2D eigenvalue weighted by molar-refractivity contribution is 0.00592. The second-order valence-electron chi connectivity index (χ2n) is 6.15. The van der Waals surface area contributed by atoms with Gasteiger partial charge in [0, 0.05) is 35.5 Å². The molecule has 0 saturated carbocycles. The SMILES string of the molecule is Cc1c(Br)cncc1C#CC1CN(C(=O)OC(C)(C)C)C1. The molecule has 0 aromatic carbocycles. The van der Waals surface area contributed by atoms with Crippen LogP contribution in [0.2, 0.25) is 0 Å². The van der Waals surface area contributed by atoms with E-state index < -0.39 is 5.60 Å². The topological polar surface area (TPSA) is 42.4 Å². The first-order valence-electron chi connectivity index (χ1n) is 6.86. The summed E-state index contributed by atoms with van der Waals surface area (Å²) in [6, 6.07) is 0. The van der Waals surface area contributed by atoms with Crippen molar-refractivity contribution >= 4 is 22.0 Å². The standard InChI is InChI=1S/C16H19BrN2O2/c1-11-13(7-18-8-14(11)17)6-5-12-9-19(10-12)15(20)21-16(2,3)4/h7-8,12H,9-10H2,1-4H3. The number of likely N-dealkylation sites (tertiary alicyclic amines) is 1. The summed E-state index contributed by atoms with van der Waals surface area (Å²) in [5.41, 5.74) is 1.55. The molecule has 0 aliphatic carbocycles. The van der Waals surface area contributed by atoms with Crippen LogP contribution >= 0.6 is 15.9 Å². The zero-order valence-electron chi connectivity index (χ0n) is 12.7. The van der Waals surface area contributed by atoms with Crippen molar-refractivity contribution in [2.75, 3.05) is 13.1 Å². The van der Waals surface area contributed by atoms with E-state index in [1.165, 1.54) is 0 Å². The smallest absolute Gasteiger partial charge is 0.410 e. The third-order valence-electron chi connectivity index (χ3n) is 3.10. The lowest BCUT2D eigenvalue weighted by Crippen LogP contribution is -2.51. The molecule has 1 aromatic heterocycles. The summed E-state index contributed by atoms with van der Waals surface area (Å²) < 4.78 is 6.27. The van der Waals surface area contributed by atoms with Crippen molar-refractivity contribution in [2.24, 2.45) is 5.92 Å². The molecule has 0 atom stereocenters. The summed E-state index contributed by atoms with van der Waals surface area (Å²) in [6.07, 6.45) is 3.26. The lowest BCUT2D eigenvalue weighted by atomic mass is 10.0. The number of hydrogen-bond donors (Lipinski definition) is 0. The second kappa shape index (κ2) is 6.07. The quantitative estimate of drug-likeness (QED) is 0.673. The van der Waals surface area contributed by atoms with E-state index in [1.54, 1.807) is 17.3 Å². The van der Waals surface area contributed by atoms with Crippen LogP contribution in [-0.2, 0) is 4.74 Å². The number of pyridine rings is 1. The molecular formula is C16H19BrN2O2. The van der Waals surface area contributed by atoms with Gasteiger partial charge in [-0.2, -0.15) is 0 Å². The number of carbonyl (C=O) groups is 1. The minimum absolute atomic E-state index is 0.205. The molecule has 1 saturated heterocycles. The van der Waals surface area contributed by atoms with Crippen LogP contribution in [-0.4, -0.2) is 34.7 Å². The highest BCUT2D eigenvalue weighted by atomic mass is 79.9. The number of ether oxygens (including phenoxy) is 1. The molecule has 1 aliphatic rings. The van der Waals surface area contributed by atoms with Crippen molar-refractivity contribution < 1.29 is 9.53 Å². The van der Waals surface area contributed by atoms with E-state index in [0.29, 0.717) is 13.1 Å². The van der Waals surface area contributed by atoms with Crippen molar-refractivity contribution in [2.45, 2.75) is 33.3 Å². The van der Waals surface area contributed by atoms with E-state index in [0.717, 1.165) is 15.6 Å². The van der Waals surface area contributed by atoms with Crippen LogP contribution in [0.15, 0.2) is 16.9 Å². The molecule has 4 nitrogen and oxygen atoms in total. The van der Waals surface area contributed by atoms with Crippen LogP contribution < -0.4 is 0 Å². The Morgan fingerprint density at radius 1 is 1.43 bits per heavy atom. The highest BCUT2D eigenvalue weighted by Crippen LogP contribution is 2.20. The van der Waals surface area contributed by atoms with Gasteiger partial charge in [0.05, 0.1) is 5.92 Å². The summed E-state index contributed by atoms with van der Waals surface area (Å²) >= 11 is 3.44. The molecule has 0 spiro atoms. The maximum atomic E-state index is 11.8. The Labute approximate surface area is 134 Å². The summed E-state index contributed by atoms with van der Waals surface area (Å²) in [5, 5.41) is 0. The van der Waals surface area contributed by atoms with Gasteiger partial charge in [-0.25, -0.2) is 4.79 Å². The van der Waals surface area contributed by atoms with Crippen LogP contribution in [0.1, 0.15) is 31.9 Å². The molecule has 112 valence electrons. The Morgan fingerprint density at radius 3 is 2.71 bits per heavy atom. The molecule has 21 heavy (non-hydrogen) atoms. The molecule has 2 rings (SSSR count). The Morgan fingerprint density at radius 2 is 2.10 bits per heavy atom. The molecule has 0 unspecified atom stereocenters. The van der Waals surface area contributed by atoms with Crippen LogP contribution in [0.4, 0.5) is 4.79 Å². The first-order chi connectivity index (χ1) is 9.76. The van der Waals surface area contributed by atoms with Gasteiger partial charge in [0.25, 0.3) is 0 Å². The minimum atomic E-state index is -0.451. The number of rotatable bonds is 0. The van der Waals surface area contributed by atoms with Crippen molar-refractivity contribution in [3.8, 4) is 11.8 Å². The monoisotopic (exact) mass is 350 g/mol. The second-order valence-corrected chi connectivity index (χ2v) is 7.00. The maximum Gasteiger partial charge on any atom is 0.410 e. The number of nitrogens with zero attached hydrogens (tertiary/aromatic N) is 2. The third-order valence-corrected chi connectivity index (χ3v) is 3.90. The molecule has 1 aliphatic heterocycles. The van der Waals surface area contributed by atoms with Crippen molar-refractivity contribution in [1.29, 1.82) is 0 Å². The molecule has 0 radical (unpaired) electrons. The third kappa shape index (κ3) is 4.21. The average molecular weight is 351 g/mol. The van der Waals surface area contributed by atoms with Crippen LogP contribution in [0.5, 0.6) is 0 Å². The van der Waals surface area contributed by atoms with Gasteiger partial charge in [0.2, 0.25) is 0 Å². The van der Waals surface area contributed by atoms with Gasteiger partial charge in [0.1, 0.15) is 5.60 Å². The van der Waals surface area contributed by atoms with Gasteiger partial charge in [0.15, 0.2) is 0 Å². The van der Waals surface area contributed by atoms with E-state index in [-0.39, 0.29) is 12.0 Å². The summed E-state index contributed by atoms with van der Waals surface area (Å²) in [5.74, 6) is 6.54. The van der Waals surface area contributed by atoms with Crippen LogP contribution in [0, 0.1) is 24.7 Å². The number of amides is 1. The van der Waals surface area contributed by atoms with Crippen molar-refractivity contribution in [1.82, 2.24) is 9.88 Å². The Hall–Kier alpha value is -1.54. The van der Waals surface area contributed by atoms with Crippen molar-refractivity contribution in [3.63, 3.8) is 0 Å². The Balaban J connectivity index is 1.91. The van der Waals surface area contributed by atoms with E-state index >= 15 is 0 Å². The molecule has 2 heterocycles. The predicted octanol–water partition coefficient (Wildman–Crippen LogP) is 3.37. The predicted molar refractivity (Wildman–Crippen MR) is 84.8 cm³/mol. The van der Waals surface area contributed by atoms with E-state index in [1.807, 2.05) is 27.7 Å². The van der Waals surface area contributed by atoms with E-state index in [9.17, 15) is 4.79 Å². The van der Waals surface area contributed by atoms with Gasteiger partial charge in [-0.05, 0) is 49.2 Å². The fourth-order valence-electron chi connectivity index (χ4n) is 1.85. The molecule has 0 bridgehead atoms. The van der Waals surface area contributed by atoms with Gasteiger partial charge in [-0.3, -0.25) is 4.98 Å². The van der Waals surface area contributed by atoms with Gasteiger partial charge < -0.3 is 9.64 Å². The van der Waals surface area contributed by atoms with Crippen molar-refractivity contribution in [3.05, 3.63) is 28.0 Å². The van der Waals surface area contributed by atoms with Gasteiger partial charge in [-0.1, -0.05) is 11.8 Å². The first kappa shape index (κ1) is 15.8. The summed E-state index contributed by atoms with van der Waals surface area (Å²) in [6.45, 7) is 8.86. The average Bonchev–Trinajstić information content (AvgIpc) is 2.30. The zero-order chi connectivity index (χ0) is 15.6. The summed E-state index contributed by atoms with van der Waals surface area (Å²) in [4.78, 5) is 17.6. The largest absolute Gasteiger partial charge is 0.444 e. The Bertz CT molecular complexity index is 605. The highest BCUT2D eigenvalue weighted by Gasteiger charge is 2.32. The minimum Gasteiger partial charge on any atom is -0.444 e. The number of carbonyl (C=O) groups excluding carboxylic acids is 1. The van der Waals surface area contributed by atoms with Gasteiger partial charge in [-0.15, -0.1) is 0 Å². The Kier molecular flexibility index (Phi) is 4.58. The van der Waals surface area contributed by atoms with Crippen LogP contribution in [0.25, 0.3) is 0 Å². The fourth-order valence-corrected chi connectivity index (χ4v) is 2.18. The van der Waals surface area contributed by atoms with Crippen LogP contribution in [0.3, 0.4) is 0 Å². The molecule has 1 fully saturated rings. The molecule has 5 heteroatoms. The molecule has 1 aromatic rings. The highest BCUT2D eigenvalue weighted by molar-refractivity contribution is 9.10.